The summed E-state index contributed by atoms with van der Waals surface area (Å²) in [5.41, 5.74) is 6.43. The third-order valence-electron chi connectivity index (χ3n) is 1.62. The highest BCUT2D eigenvalue weighted by Crippen LogP contribution is 2.09. The van der Waals surface area contributed by atoms with Crippen LogP contribution in [0.4, 0.5) is 0 Å². The largest absolute Gasteiger partial charge is 0.490 e. The summed E-state index contributed by atoms with van der Waals surface area (Å²) in [6.07, 6.45) is 7.89. The molecule has 0 aromatic rings. The lowest BCUT2D eigenvalue weighted by molar-refractivity contribution is 0.221. The number of ether oxygens (including phenoxy) is 1. The zero-order chi connectivity index (χ0) is 10.9. The van der Waals surface area contributed by atoms with Gasteiger partial charge in [-0.2, -0.15) is 0 Å². The number of hydrogen-bond acceptors (Lipinski definition) is 5. The summed E-state index contributed by atoms with van der Waals surface area (Å²) in [6, 6.07) is 0. The minimum absolute atomic E-state index is 0.617. The molecule has 0 unspecified atom stereocenters. The molecule has 84 valence electrons. The molecule has 15 heavy (non-hydrogen) atoms. The van der Waals surface area contributed by atoms with E-state index in [0.717, 1.165) is 18.7 Å². The van der Waals surface area contributed by atoms with Gasteiger partial charge in [-0.05, 0) is 12.2 Å². The van der Waals surface area contributed by atoms with Crippen LogP contribution in [0, 0.1) is 0 Å². The molecule has 0 atom stereocenters. The Bertz CT molecular complexity index is 275. The minimum atomic E-state index is 0.617. The number of allylic oxidation sites excluding steroid dienone is 2. The zero-order valence-corrected chi connectivity index (χ0v) is 9.55. The normalized spacial score (nSPS) is 24.6. The van der Waals surface area contributed by atoms with Crippen LogP contribution in [0.25, 0.3) is 0 Å². The summed E-state index contributed by atoms with van der Waals surface area (Å²) in [4.78, 5) is 0. The molecule has 1 aliphatic heterocycles. The number of rotatable bonds is 4. The van der Waals surface area contributed by atoms with Crippen molar-refractivity contribution in [1.29, 1.82) is 0 Å². The fourth-order valence-electron chi connectivity index (χ4n) is 0.935. The molecule has 0 amide bonds. The molecule has 0 bridgehead atoms. The molecule has 1 rings (SSSR count). The second-order valence-corrected chi connectivity index (χ2v) is 3.52. The van der Waals surface area contributed by atoms with E-state index in [0.29, 0.717) is 12.4 Å². The van der Waals surface area contributed by atoms with Crippen LogP contribution in [-0.4, -0.2) is 13.2 Å². The standard InChI is InChI=1S/C10H16N2O2S/c1-2-12-15-14-8-10-6-5-9(11)4-3-7-13-10/h4-6,8,12H,2-3,7,11H2,1H3/b6-5-,9-4+,10-8-. The molecular formula is C10H16N2O2S. The highest BCUT2D eigenvalue weighted by atomic mass is 32.2. The van der Waals surface area contributed by atoms with Gasteiger partial charge in [0.05, 0.1) is 6.61 Å². The predicted octanol–water partition coefficient (Wildman–Crippen LogP) is 1.84. The van der Waals surface area contributed by atoms with Crippen LogP contribution in [0.15, 0.2) is 35.9 Å². The van der Waals surface area contributed by atoms with E-state index in [2.05, 4.69) is 4.72 Å². The summed E-state index contributed by atoms with van der Waals surface area (Å²) < 4.78 is 13.5. The van der Waals surface area contributed by atoms with Crippen LogP contribution >= 0.6 is 12.2 Å². The Kier molecular flexibility index (Phi) is 5.80. The van der Waals surface area contributed by atoms with Gasteiger partial charge >= 0.3 is 0 Å². The van der Waals surface area contributed by atoms with E-state index in [1.54, 1.807) is 18.4 Å². The third-order valence-corrected chi connectivity index (χ3v) is 2.22. The van der Waals surface area contributed by atoms with Crippen molar-refractivity contribution in [2.75, 3.05) is 13.2 Å². The van der Waals surface area contributed by atoms with Gasteiger partial charge in [0.2, 0.25) is 0 Å². The first-order chi connectivity index (χ1) is 7.33. The zero-order valence-electron chi connectivity index (χ0n) is 8.73. The Morgan fingerprint density at radius 2 is 2.53 bits per heavy atom. The van der Waals surface area contributed by atoms with Gasteiger partial charge in [0, 0.05) is 18.7 Å². The lowest BCUT2D eigenvalue weighted by Crippen LogP contribution is -2.02. The van der Waals surface area contributed by atoms with E-state index in [1.165, 1.54) is 12.2 Å². The molecular weight excluding hydrogens is 212 g/mol. The summed E-state index contributed by atoms with van der Waals surface area (Å²) in [7, 11) is 0. The van der Waals surface area contributed by atoms with Crippen LogP contribution in [-0.2, 0) is 8.92 Å². The van der Waals surface area contributed by atoms with E-state index < -0.39 is 0 Å². The van der Waals surface area contributed by atoms with Crippen molar-refractivity contribution in [2.24, 2.45) is 5.73 Å². The maximum atomic E-state index is 5.68. The molecule has 0 saturated carbocycles. The maximum Gasteiger partial charge on any atom is 0.155 e. The number of nitrogens with one attached hydrogen (secondary N) is 1. The molecule has 3 N–H and O–H groups in total. The van der Waals surface area contributed by atoms with E-state index in [-0.39, 0.29) is 0 Å². The summed E-state index contributed by atoms with van der Waals surface area (Å²) in [5.74, 6) is 0.677. The molecule has 1 aliphatic rings. The Hall–Kier alpha value is -1.07. The fourth-order valence-corrected chi connectivity index (χ4v) is 1.26. The molecule has 0 spiro atoms. The van der Waals surface area contributed by atoms with Gasteiger partial charge in [0.15, 0.2) is 5.76 Å². The first kappa shape index (κ1) is 12.0. The number of hydrogen-bond donors (Lipinski definition) is 2. The van der Waals surface area contributed by atoms with Crippen LogP contribution < -0.4 is 10.5 Å². The average molecular weight is 228 g/mol. The molecule has 4 nitrogen and oxygen atoms in total. The van der Waals surface area contributed by atoms with Crippen LogP contribution in [0.3, 0.4) is 0 Å². The van der Waals surface area contributed by atoms with E-state index in [1.807, 2.05) is 13.0 Å². The average Bonchev–Trinajstić information content (AvgIpc) is 2.22. The summed E-state index contributed by atoms with van der Waals surface area (Å²) >= 11 is 1.17. The minimum Gasteiger partial charge on any atom is -0.490 e. The van der Waals surface area contributed by atoms with Crippen LogP contribution in [0.5, 0.6) is 0 Å². The molecule has 5 heteroatoms. The quantitative estimate of drug-likeness (QED) is 0.333. The van der Waals surface area contributed by atoms with Crippen molar-refractivity contribution in [3.8, 4) is 0 Å². The predicted molar refractivity (Wildman–Crippen MR) is 62.4 cm³/mol. The maximum absolute atomic E-state index is 5.68. The lowest BCUT2D eigenvalue weighted by atomic mass is 10.3. The second-order valence-electron chi connectivity index (χ2n) is 2.87. The van der Waals surface area contributed by atoms with Crippen molar-refractivity contribution in [2.45, 2.75) is 13.3 Å². The van der Waals surface area contributed by atoms with Gasteiger partial charge in [0.1, 0.15) is 18.5 Å². The molecule has 0 aliphatic carbocycles. The monoisotopic (exact) mass is 228 g/mol. The van der Waals surface area contributed by atoms with E-state index >= 15 is 0 Å². The summed E-state index contributed by atoms with van der Waals surface area (Å²) in [6.45, 7) is 3.47. The van der Waals surface area contributed by atoms with Crippen LogP contribution in [0.1, 0.15) is 13.3 Å². The number of nitrogens with two attached hydrogens (primary N) is 1. The smallest absolute Gasteiger partial charge is 0.155 e. The van der Waals surface area contributed by atoms with Gasteiger partial charge in [0.25, 0.3) is 0 Å². The molecule has 0 aromatic carbocycles. The topological polar surface area (TPSA) is 56.5 Å². The molecule has 0 aromatic heterocycles. The highest BCUT2D eigenvalue weighted by molar-refractivity contribution is 7.92. The van der Waals surface area contributed by atoms with Crippen molar-refractivity contribution >= 4 is 12.2 Å². The van der Waals surface area contributed by atoms with Crippen molar-refractivity contribution in [1.82, 2.24) is 4.72 Å². The molecule has 0 radical (unpaired) electrons. The first-order valence-electron chi connectivity index (χ1n) is 4.84. The van der Waals surface area contributed by atoms with E-state index in [4.69, 9.17) is 14.7 Å². The van der Waals surface area contributed by atoms with Crippen molar-refractivity contribution < 1.29 is 8.92 Å². The lowest BCUT2D eigenvalue weighted by Gasteiger charge is -2.08. The summed E-state index contributed by atoms with van der Waals surface area (Å²) in [5, 5.41) is 0. The van der Waals surface area contributed by atoms with Crippen molar-refractivity contribution in [3.63, 3.8) is 0 Å². The van der Waals surface area contributed by atoms with Gasteiger partial charge in [-0.1, -0.05) is 13.0 Å². The SMILES string of the molecule is CCNSO/C=C1/C=C\C(N)=C/CCO1. The third kappa shape index (κ3) is 5.39. The van der Waals surface area contributed by atoms with Gasteiger partial charge in [-0.3, -0.25) is 0 Å². The van der Waals surface area contributed by atoms with Gasteiger partial charge in [-0.25, -0.2) is 4.72 Å². The van der Waals surface area contributed by atoms with Crippen LogP contribution in [0.2, 0.25) is 0 Å². The molecule has 0 fully saturated rings. The van der Waals surface area contributed by atoms with E-state index in [9.17, 15) is 0 Å². The highest BCUT2D eigenvalue weighted by Gasteiger charge is 1.98. The Labute approximate surface area is 94.5 Å². The second kappa shape index (κ2) is 7.25. The Morgan fingerprint density at radius 1 is 1.67 bits per heavy atom. The van der Waals surface area contributed by atoms with Gasteiger partial charge in [-0.15, -0.1) is 0 Å². The molecule has 0 saturated heterocycles. The van der Waals surface area contributed by atoms with Gasteiger partial charge < -0.3 is 14.7 Å². The Balaban J connectivity index is 2.42. The first-order valence-corrected chi connectivity index (χ1v) is 5.59. The van der Waals surface area contributed by atoms with Crippen molar-refractivity contribution in [3.05, 3.63) is 35.9 Å². The molecule has 1 heterocycles. The fraction of sp³-hybridized carbons (Fsp3) is 0.400. The Morgan fingerprint density at radius 3 is 3.33 bits per heavy atom.